The Morgan fingerprint density at radius 1 is 1.30 bits per heavy atom. The standard InChI is InChI=1S/C20H29N3/c1-13(2)17-10-15(14(3)9-16(17)12-21)11-20-22-18-7-5-6-8-19(18)23(20)4/h5-9,13,15-17H,10-12,21H2,1-4H3/t15-,16-,17-/m0/s1. The van der Waals surface area contributed by atoms with Crippen molar-refractivity contribution in [3.63, 3.8) is 0 Å². The van der Waals surface area contributed by atoms with Gasteiger partial charge in [0.1, 0.15) is 5.82 Å². The third-order valence-corrected chi connectivity index (χ3v) is 5.66. The molecule has 0 unspecified atom stereocenters. The van der Waals surface area contributed by atoms with Gasteiger partial charge in [-0.05, 0) is 55.7 Å². The highest BCUT2D eigenvalue weighted by Crippen LogP contribution is 2.38. The lowest BCUT2D eigenvalue weighted by molar-refractivity contribution is 0.230. The van der Waals surface area contributed by atoms with Gasteiger partial charge < -0.3 is 10.3 Å². The first kappa shape index (κ1) is 16.3. The van der Waals surface area contributed by atoms with E-state index >= 15 is 0 Å². The predicted octanol–water partition coefficient (Wildman–Crippen LogP) is 3.93. The number of para-hydroxylation sites is 2. The molecule has 3 nitrogen and oxygen atoms in total. The van der Waals surface area contributed by atoms with Gasteiger partial charge in [0.15, 0.2) is 0 Å². The minimum Gasteiger partial charge on any atom is -0.331 e. The summed E-state index contributed by atoms with van der Waals surface area (Å²) in [6.07, 6.45) is 4.68. The van der Waals surface area contributed by atoms with Crippen LogP contribution in [0.3, 0.4) is 0 Å². The second-order valence-corrected chi connectivity index (χ2v) is 7.43. The van der Waals surface area contributed by atoms with Gasteiger partial charge in [0.05, 0.1) is 11.0 Å². The number of fused-ring (bicyclic) bond motifs is 1. The number of aromatic nitrogens is 2. The van der Waals surface area contributed by atoms with Crippen molar-refractivity contribution in [2.75, 3.05) is 6.54 Å². The normalized spacial score (nSPS) is 25.1. The molecule has 0 radical (unpaired) electrons. The molecule has 0 amide bonds. The lowest BCUT2D eigenvalue weighted by Gasteiger charge is -2.36. The van der Waals surface area contributed by atoms with Gasteiger partial charge in [-0.2, -0.15) is 0 Å². The second kappa shape index (κ2) is 6.48. The lowest BCUT2D eigenvalue weighted by atomic mass is 9.70. The molecule has 0 aliphatic heterocycles. The van der Waals surface area contributed by atoms with Crippen molar-refractivity contribution in [1.82, 2.24) is 9.55 Å². The molecule has 0 bridgehead atoms. The minimum atomic E-state index is 0.534. The van der Waals surface area contributed by atoms with Crippen molar-refractivity contribution < 1.29 is 0 Å². The average Bonchev–Trinajstić information content (AvgIpc) is 2.85. The Hall–Kier alpha value is -1.61. The Morgan fingerprint density at radius 2 is 2.04 bits per heavy atom. The number of rotatable bonds is 4. The average molecular weight is 311 g/mol. The van der Waals surface area contributed by atoms with Gasteiger partial charge in [0, 0.05) is 13.5 Å². The predicted molar refractivity (Wildman–Crippen MR) is 97.2 cm³/mol. The van der Waals surface area contributed by atoms with Crippen LogP contribution in [0.4, 0.5) is 0 Å². The van der Waals surface area contributed by atoms with E-state index in [2.05, 4.69) is 62.7 Å². The summed E-state index contributed by atoms with van der Waals surface area (Å²) in [6, 6.07) is 8.40. The Bertz CT molecular complexity index is 711. The number of allylic oxidation sites excluding steroid dienone is 1. The third-order valence-electron chi connectivity index (χ3n) is 5.66. The van der Waals surface area contributed by atoms with Crippen LogP contribution >= 0.6 is 0 Å². The van der Waals surface area contributed by atoms with E-state index in [1.165, 1.54) is 23.3 Å². The monoisotopic (exact) mass is 311 g/mol. The van der Waals surface area contributed by atoms with E-state index in [9.17, 15) is 0 Å². The Morgan fingerprint density at radius 3 is 2.70 bits per heavy atom. The van der Waals surface area contributed by atoms with Gasteiger partial charge in [-0.25, -0.2) is 4.98 Å². The highest BCUT2D eigenvalue weighted by atomic mass is 15.1. The number of nitrogens with two attached hydrogens (primary N) is 1. The van der Waals surface area contributed by atoms with E-state index in [4.69, 9.17) is 10.7 Å². The summed E-state index contributed by atoms with van der Waals surface area (Å²) in [5, 5.41) is 0. The van der Waals surface area contributed by atoms with Gasteiger partial charge in [-0.15, -0.1) is 0 Å². The maximum absolute atomic E-state index is 6.01. The molecule has 3 atom stereocenters. The maximum Gasteiger partial charge on any atom is 0.110 e. The summed E-state index contributed by atoms with van der Waals surface area (Å²) < 4.78 is 2.25. The molecular formula is C20H29N3. The van der Waals surface area contributed by atoms with Crippen molar-refractivity contribution in [2.45, 2.75) is 33.6 Å². The van der Waals surface area contributed by atoms with Crippen LogP contribution in [0.2, 0.25) is 0 Å². The van der Waals surface area contributed by atoms with Gasteiger partial charge in [0.25, 0.3) is 0 Å². The quantitative estimate of drug-likeness (QED) is 0.870. The molecule has 2 N–H and O–H groups in total. The van der Waals surface area contributed by atoms with E-state index in [0.29, 0.717) is 23.7 Å². The van der Waals surface area contributed by atoms with Gasteiger partial charge in [-0.1, -0.05) is 37.6 Å². The van der Waals surface area contributed by atoms with E-state index < -0.39 is 0 Å². The molecule has 3 rings (SSSR count). The first-order valence-electron chi connectivity index (χ1n) is 8.80. The fourth-order valence-electron chi connectivity index (χ4n) is 4.14. The Kier molecular flexibility index (Phi) is 4.58. The number of hydrogen-bond donors (Lipinski definition) is 1. The number of hydrogen-bond acceptors (Lipinski definition) is 2. The fourth-order valence-corrected chi connectivity index (χ4v) is 4.14. The molecule has 0 saturated heterocycles. The largest absolute Gasteiger partial charge is 0.331 e. The molecule has 1 heterocycles. The first-order chi connectivity index (χ1) is 11.0. The van der Waals surface area contributed by atoms with Crippen LogP contribution in [0.15, 0.2) is 35.9 Å². The SMILES string of the molecule is CC1=C[C@@H](CN)[C@H](C(C)C)C[C@H]1Cc1nc2ccccc2n1C. The van der Waals surface area contributed by atoms with E-state index in [-0.39, 0.29) is 0 Å². The minimum absolute atomic E-state index is 0.534. The topological polar surface area (TPSA) is 43.8 Å². The summed E-state index contributed by atoms with van der Waals surface area (Å²) in [4.78, 5) is 4.86. The van der Waals surface area contributed by atoms with Crippen molar-refractivity contribution in [3.05, 3.63) is 41.7 Å². The molecule has 2 aromatic rings. The van der Waals surface area contributed by atoms with Gasteiger partial charge in [-0.3, -0.25) is 0 Å². The molecule has 3 heteroatoms. The molecule has 23 heavy (non-hydrogen) atoms. The van der Waals surface area contributed by atoms with Crippen LogP contribution in [0.1, 0.15) is 33.0 Å². The van der Waals surface area contributed by atoms with Crippen LogP contribution < -0.4 is 5.73 Å². The maximum atomic E-state index is 6.01. The van der Waals surface area contributed by atoms with Crippen LogP contribution in [0, 0.1) is 23.7 Å². The zero-order valence-electron chi connectivity index (χ0n) is 14.8. The Labute approximate surface area is 139 Å². The summed E-state index contributed by atoms with van der Waals surface area (Å²) >= 11 is 0. The smallest absolute Gasteiger partial charge is 0.110 e. The summed E-state index contributed by atoms with van der Waals surface area (Å²) in [5.41, 5.74) is 9.82. The molecule has 0 fully saturated rings. The molecule has 0 saturated carbocycles. The molecule has 124 valence electrons. The van der Waals surface area contributed by atoms with E-state index in [1.54, 1.807) is 0 Å². The van der Waals surface area contributed by atoms with Crippen molar-refractivity contribution >= 4 is 11.0 Å². The van der Waals surface area contributed by atoms with Crippen LogP contribution in [-0.2, 0) is 13.5 Å². The molecule has 0 spiro atoms. The summed E-state index contributed by atoms with van der Waals surface area (Å²) in [7, 11) is 2.13. The van der Waals surface area contributed by atoms with Crippen LogP contribution in [-0.4, -0.2) is 16.1 Å². The fraction of sp³-hybridized carbons (Fsp3) is 0.550. The van der Waals surface area contributed by atoms with Gasteiger partial charge in [0.2, 0.25) is 0 Å². The second-order valence-electron chi connectivity index (χ2n) is 7.43. The summed E-state index contributed by atoms with van der Waals surface area (Å²) in [5.74, 6) is 3.67. The van der Waals surface area contributed by atoms with Crippen molar-refractivity contribution in [3.8, 4) is 0 Å². The first-order valence-corrected chi connectivity index (χ1v) is 8.80. The van der Waals surface area contributed by atoms with Crippen LogP contribution in [0.5, 0.6) is 0 Å². The molecule has 1 aromatic carbocycles. The van der Waals surface area contributed by atoms with Crippen LogP contribution in [0.25, 0.3) is 11.0 Å². The van der Waals surface area contributed by atoms with E-state index in [1.807, 2.05) is 0 Å². The van der Waals surface area contributed by atoms with Crippen molar-refractivity contribution in [2.24, 2.45) is 36.5 Å². The molecule has 1 aliphatic carbocycles. The van der Waals surface area contributed by atoms with E-state index in [0.717, 1.165) is 18.5 Å². The summed E-state index contributed by atoms with van der Waals surface area (Å²) in [6.45, 7) is 7.69. The number of nitrogens with zero attached hydrogens (tertiary/aromatic N) is 2. The number of aryl methyl sites for hydroxylation is 1. The zero-order valence-corrected chi connectivity index (χ0v) is 14.8. The molecule has 1 aliphatic rings. The lowest BCUT2D eigenvalue weighted by Crippen LogP contribution is -2.32. The Balaban J connectivity index is 1.87. The highest BCUT2D eigenvalue weighted by molar-refractivity contribution is 5.75. The number of imidazole rings is 1. The van der Waals surface area contributed by atoms with Gasteiger partial charge >= 0.3 is 0 Å². The molecular weight excluding hydrogens is 282 g/mol. The highest BCUT2D eigenvalue weighted by Gasteiger charge is 2.31. The zero-order chi connectivity index (χ0) is 16.6. The van der Waals surface area contributed by atoms with Crippen molar-refractivity contribution in [1.29, 1.82) is 0 Å². The third kappa shape index (κ3) is 3.07. The number of benzene rings is 1. The molecule has 1 aromatic heterocycles.